The standard InChI is InChI=1S/C20H34N4O3/c1-4-5-6-17(25)13-23-9-11-24(12-10-23)14-19-22-18(15-27-19)20(26)21-8-7-16(2)3/h4,15-17,25H,1,5-14H2,2-3H3,(H,21,26)/t17-/m0/s1. The van der Waals surface area contributed by atoms with Crippen molar-refractivity contribution < 1.29 is 14.3 Å². The first-order valence-corrected chi connectivity index (χ1v) is 9.94. The van der Waals surface area contributed by atoms with Gasteiger partial charge in [0.15, 0.2) is 5.69 Å². The van der Waals surface area contributed by atoms with Crippen molar-refractivity contribution in [2.24, 2.45) is 5.92 Å². The van der Waals surface area contributed by atoms with Crippen molar-refractivity contribution in [2.75, 3.05) is 39.3 Å². The lowest BCUT2D eigenvalue weighted by molar-refractivity contribution is 0.0642. The summed E-state index contributed by atoms with van der Waals surface area (Å²) >= 11 is 0. The predicted molar refractivity (Wildman–Crippen MR) is 105 cm³/mol. The van der Waals surface area contributed by atoms with Crippen LogP contribution in [0, 0.1) is 5.92 Å². The molecule has 0 unspecified atom stereocenters. The van der Waals surface area contributed by atoms with Crippen LogP contribution in [0.3, 0.4) is 0 Å². The highest BCUT2D eigenvalue weighted by Crippen LogP contribution is 2.10. The summed E-state index contributed by atoms with van der Waals surface area (Å²) in [5.41, 5.74) is 0.345. The number of aliphatic hydroxyl groups is 1. The van der Waals surface area contributed by atoms with Crippen molar-refractivity contribution in [3.63, 3.8) is 0 Å². The summed E-state index contributed by atoms with van der Waals surface area (Å²) in [5, 5.41) is 12.9. The van der Waals surface area contributed by atoms with Crippen molar-refractivity contribution in [2.45, 2.75) is 45.8 Å². The highest BCUT2D eigenvalue weighted by atomic mass is 16.3. The monoisotopic (exact) mass is 378 g/mol. The number of hydrogen-bond acceptors (Lipinski definition) is 6. The summed E-state index contributed by atoms with van der Waals surface area (Å²) in [5.74, 6) is 0.951. The van der Waals surface area contributed by atoms with Gasteiger partial charge >= 0.3 is 0 Å². The highest BCUT2D eigenvalue weighted by Gasteiger charge is 2.21. The Hall–Kier alpha value is -1.70. The molecule has 0 aliphatic carbocycles. The molecule has 1 aromatic rings. The van der Waals surface area contributed by atoms with Crippen LogP contribution in [-0.2, 0) is 6.54 Å². The van der Waals surface area contributed by atoms with Gasteiger partial charge in [-0.15, -0.1) is 6.58 Å². The van der Waals surface area contributed by atoms with Crippen molar-refractivity contribution in [3.05, 3.63) is 30.5 Å². The number of aliphatic hydroxyl groups excluding tert-OH is 1. The lowest BCUT2D eigenvalue weighted by Crippen LogP contribution is -2.48. The number of nitrogens with zero attached hydrogens (tertiary/aromatic N) is 3. The molecule has 0 saturated carbocycles. The van der Waals surface area contributed by atoms with Crippen LogP contribution in [0.4, 0.5) is 0 Å². The van der Waals surface area contributed by atoms with E-state index in [1.54, 1.807) is 0 Å². The zero-order valence-corrected chi connectivity index (χ0v) is 16.7. The third kappa shape index (κ3) is 7.82. The zero-order chi connectivity index (χ0) is 19.6. The fourth-order valence-corrected chi connectivity index (χ4v) is 3.07. The summed E-state index contributed by atoms with van der Waals surface area (Å²) in [6.45, 7) is 13.5. The van der Waals surface area contributed by atoms with E-state index in [1.165, 1.54) is 6.26 Å². The van der Waals surface area contributed by atoms with Gasteiger partial charge in [0.1, 0.15) is 6.26 Å². The molecule has 2 N–H and O–H groups in total. The maximum absolute atomic E-state index is 12.1. The third-order valence-electron chi connectivity index (χ3n) is 4.79. The fourth-order valence-electron chi connectivity index (χ4n) is 3.07. The molecule has 7 heteroatoms. The van der Waals surface area contributed by atoms with Gasteiger partial charge in [-0.05, 0) is 25.2 Å². The quantitative estimate of drug-likeness (QED) is 0.573. The van der Waals surface area contributed by atoms with Gasteiger partial charge in [-0.1, -0.05) is 19.9 Å². The molecule has 7 nitrogen and oxygen atoms in total. The van der Waals surface area contributed by atoms with Gasteiger partial charge in [-0.2, -0.15) is 0 Å². The fraction of sp³-hybridized carbons (Fsp3) is 0.700. The van der Waals surface area contributed by atoms with Crippen LogP contribution in [0.25, 0.3) is 0 Å². The van der Waals surface area contributed by atoms with Crippen LogP contribution in [-0.4, -0.2) is 71.2 Å². The summed E-state index contributed by atoms with van der Waals surface area (Å²) in [6, 6.07) is 0. The Morgan fingerprint density at radius 2 is 2.04 bits per heavy atom. The van der Waals surface area contributed by atoms with E-state index < -0.39 is 0 Å². The molecule has 1 atom stereocenters. The SMILES string of the molecule is C=CCC[C@H](O)CN1CCN(Cc2nc(C(=O)NCCC(C)C)co2)CC1. The van der Waals surface area contributed by atoms with E-state index in [0.717, 1.165) is 45.4 Å². The Morgan fingerprint density at radius 1 is 1.33 bits per heavy atom. The van der Waals surface area contributed by atoms with Crippen molar-refractivity contribution in [1.82, 2.24) is 20.1 Å². The molecule has 0 bridgehead atoms. The molecule has 1 aliphatic rings. The minimum atomic E-state index is -0.293. The van der Waals surface area contributed by atoms with Gasteiger partial charge in [-0.25, -0.2) is 4.98 Å². The Balaban J connectivity index is 1.70. The van der Waals surface area contributed by atoms with Crippen LogP contribution in [0.1, 0.15) is 49.5 Å². The maximum Gasteiger partial charge on any atom is 0.273 e. The lowest BCUT2D eigenvalue weighted by Gasteiger charge is -2.34. The van der Waals surface area contributed by atoms with E-state index in [4.69, 9.17) is 4.42 Å². The van der Waals surface area contributed by atoms with Crippen LogP contribution in [0.5, 0.6) is 0 Å². The first-order chi connectivity index (χ1) is 13.0. The first kappa shape index (κ1) is 21.6. The van der Waals surface area contributed by atoms with E-state index in [0.29, 0.717) is 37.1 Å². The second-order valence-electron chi connectivity index (χ2n) is 7.66. The molecule has 1 amide bonds. The Morgan fingerprint density at radius 3 is 2.70 bits per heavy atom. The largest absolute Gasteiger partial charge is 0.447 e. The third-order valence-corrected chi connectivity index (χ3v) is 4.79. The molecule has 0 spiro atoms. The topological polar surface area (TPSA) is 81.8 Å². The number of carbonyl (C=O) groups is 1. The molecule has 2 heterocycles. The van der Waals surface area contributed by atoms with Crippen molar-refractivity contribution >= 4 is 5.91 Å². The van der Waals surface area contributed by atoms with Crippen molar-refractivity contribution in [1.29, 1.82) is 0 Å². The van der Waals surface area contributed by atoms with Gasteiger partial charge in [0.2, 0.25) is 5.89 Å². The summed E-state index contributed by atoms with van der Waals surface area (Å²) in [6.07, 6.45) is 5.55. The summed E-state index contributed by atoms with van der Waals surface area (Å²) in [4.78, 5) is 20.9. The van der Waals surface area contributed by atoms with E-state index in [2.05, 4.69) is 40.5 Å². The molecule has 2 rings (SSSR count). The molecule has 0 radical (unpaired) electrons. The molecule has 0 aromatic carbocycles. The van der Waals surface area contributed by atoms with Gasteiger partial charge in [0.25, 0.3) is 5.91 Å². The predicted octanol–water partition coefficient (Wildman–Crippen LogP) is 1.90. The molecule has 152 valence electrons. The molecule has 1 aliphatic heterocycles. The number of oxazole rings is 1. The Labute approximate surface area is 162 Å². The van der Waals surface area contributed by atoms with Gasteiger partial charge in [-0.3, -0.25) is 14.6 Å². The number of amides is 1. The highest BCUT2D eigenvalue weighted by molar-refractivity contribution is 5.91. The number of hydrogen-bond donors (Lipinski definition) is 2. The molecule has 27 heavy (non-hydrogen) atoms. The van der Waals surface area contributed by atoms with E-state index in [1.807, 2.05) is 6.08 Å². The van der Waals surface area contributed by atoms with Crippen molar-refractivity contribution in [3.8, 4) is 0 Å². The Kier molecular flexibility index (Phi) is 8.97. The second-order valence-corrected chi connectivity index (χ2v) is 7.66. The molecule has 1 fully saturated rings. The number of nitrogens with one attached hydrogen (secondary N) is 1. The Bertz CT molecular complexity index is 580. The van der Waals surface area contributed by atoms with Crippen LogP contribution in [0.15, 0.2) is 23.3 Å². The zero-order valence-electron chi connectivity index (χ0n) is 16.7. The molecular formula is C20H34N4O3. The van der Waals surface area contributed by atoms with Gasteiger partial charge in [0, 0.05) is 39.3 Å². The van der Waals surface area contributed by atoms with E-state index in [9.17, 15) is 9.90 Å². The smallest absolute Gasteiger partial charge is 0.273 e. The number of piperazine rings is 1. The van der Waals surface area contributed by atoms with Gasteiger partial charge < -0.3 is 14.8 Å². The first-order valence-electron chi connectivity index (χ1n) is 9.94. The summed E-state index contributed by atoms with van der Waals surface area (Å²) < 4.78 is 5.48. The number of aromatic nitrogens is 1. The average molecular weight is 379 g/mol. The van der Waals surface area contributed by atoms with Crippen LogP contribution < -0.4 is 5.32 Å². The molecule has 1 aromatic heterocycles. The normalized spacial score (nSPS) is 17.2. The van der Waals surface area contributed by atoms with Crippen LogP contribution >= 0.6 is 0 Å². The average Bonchev–Trinajstić information content (AvgIpc) is 3.10. The summed E-state index contributed by atoms with van der Waals surface area (Å²) in [7, 11) is 0. The number of β-amino-alcohol motifs (C(OH)–C–C–N with tert-alkyl or cyclic N) is 1. The van der Waals surface area contributed by atoms with Crippen LogP contribution in [0.2, 0.25) is 0 Å². The number of rotatable bonds is 11. The second kappa shape index (κ2) is 11.2. The number of allylic oxidation sites excluding steroid dienone is 1. The van der Waals surface area contributed by atoms with E-state index >= 15 is 0 Å². The molecule has 1 saturated heterocycles. The molecular weight excluding hydrogens is 344 g/mol. The minimum Gasteiger partial charge on any atom is -0.447 e. The minimum absolute atomic E-state index is 0.177. The maximum atomic E-state index is 12.1. The van der Waals surface area contributed by atoms with Gasteiger partial charge in [0.05, 0.1) is 12.6 Å². The van der Waals surface area contributed by atoms with E-state index in [-0.39, 0.29) is 12.0 Å². The lowest BCUT2D eigenvalue weighted by atomic mass is 10.1. The number of carbonyl (C=O) groups excluding carboxylic acids is 1.